The third kappa shape index (κ3) is 4.81. The van der Waals surface area contributed by atoms with Crippen molar-refractivity contribution in [1.29, 1.82) is 0 Å². The summed E-state index contributed by atoms with van der Waals surface area (Å²) in [7, 11) is 0. The van der Waals surface area contributed by atoms with Crippen LogP contribution in [-0.2, 0) is 5.41 Å². The van der Waals surface area contributed by atoms with Gasteiger partial charge in [0.15, 0.2) is 0 Å². The van der Waals surface area contributed by atoms with Crippen LogP contribution < -0.4 is 4.90 Å². The van der Waals surface area contributed by atoms with Gasteiger partial charge >= 0.3 is 0 Å². The second-order valence-electron chi connectivity index (χ2n) is 15.4. The average molecular weight is 703 g/mol. The zero-order chi connectivity index (χ0) is 36.7. The summed E-state index contributed by atoms with van der Waals surface area (Å²) in [6.45, 7) is 4.75. The van der Waals surface area contributed by atoms with Crippen molar-refractivity contribution in [3.63, 3.8) is 0 Å². The van der Waals surface area contributed by atoms with Gasteiger partial charge in [-0.05, 0) is 110 Å². The first-order chi connectivity index (χ1) is 27.0. The van der Waals surface area contributed by atoms with Gasteiger partial charge in [-0.2, -0.15) is 0 Å². The Balaban J connectivity index is 1.03. The van der Waals surface area contributed by atoms with Crippen LogP contribution in [0.25, 0.3) is 71.3 Å². The van der Waals surface area contributed by atoms with Gasteiger partial charge in [-0.3, -0.25) is 0 Å². The molecule has 9 aromatic carbocycles. The third-order valence-corrected chi connectivity index (χ3v) is 12.0. The molecule has 0 saturated carbocycles. The smallest absolute Gasteiger partial charge is 0.0541 e. The molecule has 1 aliphatic carbocycles. The van der Waals surface area contributed by atoms with Crippen LogP contribution in [-0.4, -0.2) is 4.57 Å². The van der Waals surface area contributed by atoms with Crippen LogP contribution in [0.15, 0.2) is 194 Å². The number of anilines is 3. The van der Waals surface area contributed by atoms with E-state index in [1.807, 2.05) is 0 Å². The summed E-state index contributed by atoms with van der Waals surface area (Å²) in [5, 5.41) is 7.60. The highest BCUT2D eigenvalue weighted by atomic mass is 15.1. The Kier molecular flexibility index (Phi) is 6.93. The van der Waals surface area contributed by atoms with E-state index in [0.717, 1.165) is 17.1 Å². The van der Waals surface area contributed by atoms with Crippen molar-refractivity contribution in [2.24, 2.45) is 0 Å². The van der Waals surface area contributed by atoms with E-state index in [4.69, 9.17) is 0 Å². The molecule has 55 heavy (non-hydrogen) atoms. The number of hydrogen-bond donors (Lipinski definition) is 0. The van der Waals surface area contributed by atoms with Crippen LogP contribution in [0.5, 0.6) is 0 Å². The molecule has 0 aliphatic heterocycles. The van der Waals surface area contributed by atoms with Gasteiger partial charge < -0.3 is 9.47 Å². The van der Waals surface area contributed by atoms with E-state index in [-0.39, 0.29) is 5.41 Å². The van der Waals surface area contributed by atoms with E-state index in [1.165, 1.54) is 82.4 Å². The van der Waals surface area contributed by atoms with Gasteiger partial charge in [-0.25, -0.2) is 0 Å². The topological polar surface area (TPSA) is 8.17 Å². The minimum Gasteiger partial charge on any atom is -0.310 e. The highest BCUT2D eigenvalue weighted by Gasteiger charge is 2.38. The molecule has 1 heterocycles. The summed E-state index contributed by atoms with van der Waals surface area (Å²) >= 11 is 0. The quantitative estimate of drug-likeness (QED) is 0.162. The van der Waals surface area contributed by atoms with Crippen LogP contribution in [0.2, 0.25) is 0 Å². The molecule has 0 radical (unpaired) electrons. The fourth-order valence-electron chi connectivity index (χ4n) is 9.38. The lowest BCUT2D eigenvalue weighted by molar-refractivity contribution is 0.661. The number of rotatable bonds is 5. The Hall–Kier alpha value is -6.90. The van der Waals surface area contributed by atoms with Crippen molar-refractivity contribution in [2.45, 2.75) is 19.3 Å². The molecule has 0 amide bonds. The minimum absolute atomic E-state index is 0.161. The van der Waals surface area contributed by atoms with E-state index >= 15 is 0 Å². The molecule has 1 aliphatic rings. The fraction of sp³-hybridized carbons (Fsp3) is 0.0566. The Morgan fingerprint density at radius 1 is 0.418 bits per heavy atom. The van der Waals surface area contributed by atoms with Crippen molar-refractivity contribution in [2.75, 3.05) is 4.90 Å². The molecule has 1 aromatic heterocycles. The van der Waals surface area contributed by atoms with Gasteiger partial charge in [0.25, 0.3) is 0 Å². The summed E-state index contributed by atoms with van der Waals surface area (Å²) in [4.78, 5) is 2.47. The fourth-order valence-corrected chi connectivity index (χ4v) is 9.38. The molecule has 0 saturated heterocycles. The van der Waals surface area contributed by atoms with Crippen LogP contribution in [0, 0.1) is 0 Å². The van der Waals surface area contributed by atoms with Crippen molar-refractivity contribution in [3.8, 4) is 27.9 Å². The standard InChI is InChI=1S/C53H38N2/c1-53(2)48-18-8-5-14-44(48)47-17-11-21-51(52(47)53)54(41-32-33-43-38(34-41)23-22-37-12-3-4-13-42(37)43)39-28-24-35(25-29-39)36-26-30-40(31-27-36)55-49-19-9-6-15-45(49)46-16-7-10-20-50(46)55/h3-34H,1-2H3. The zero-order valence-corrected chi connectivity index (χ0v) is 30.9. The highest BCUT2D eigenvalue weighted by Crippen LogP contribution is 2.54. The Labute approximate surface area is 321 Å². The molecule has 0 fully saturated rings. The molecule has 11 rings (SSSR count). The lowest BCUT2D eigenvalue weighted by Crippen LogP contribution is -2.20. The highest BCUT2D eigenvalue weighted by molar-refractivity contribution is 6.10. The predicted octanol–water partition coefficient (Wildman–Crippen LogP) is 14.5. The number of nitrogens with zero attached hydrogens (tertiary/aromatic N) is 2. The molecule has 260 valence electrons. The third-order valence-electron chi connectivity index (χ3n) is 12.0. The maximum atomic E-state index is 2.47. The lowest BCUT2D eigenvalue weighted by Gasteiger charge is -2.32. The van der Waals surface area contributed by atoms with Crippen LogP contribution in [0.4, 0.5) is 17.1 Å². The molecule has 0 N–H and O–H groups in total. The van der Waals surface area contributed by atoms with Crippen molar-refractivity contribution >= 4 is 60.4 Å². The number of benzene rings is 9. The predicted molar refractivity (Wildman–Crippen MR) is 233 cm³/mol. The van der Waals surface area contributed by atoms with Gasteiger partial charge in [0.2, 0.25) is 0 Å². The maximum absolute atomic E-state index is 2.47. The van der Waals surface area contributed by atoms with Crippen molar-refractivity contribution in [3.05, 3.63) is 205 Å². The van der Waals surface area contributed by atoms with Gasteiger partial charge in [-0.15, -0.1) is 0 Å². The molecule has 0 unspecified atom stereocenters. The summed E-state index contributed by atoms with van der Waals surface area (Å²) in [6.07, 6.45) is 0. The minimum atomic E-state index is -0.161. The number of aromatic nitrogens is 1. The van der Waals surface area contributed by atoms with Crippen LogP contribution in [0.1, 0.15) is 25.0 Å². The van der Waals surface area contributed by atoms with Crippen LogP contribution in [0.3, 0.4) is 0 Å². The molecule has 0 atom stereocenters. The summed E-state index contributed by atoms with van der Waals surface area (Å²) < 4.78 is 2.37. The first kappa shape index (κ1) is 31.6. The van der Waals surface area contributed by atoms with E-state index < -0.39 is 0 Å². The maximum Gasteiger partial charge on any atom is 0.0541 e. The lowest BCUT2D eigenvalue weighted by atomic mass is 9.81. The molecular weight excluding hydrogens is 665 g/mol. The monoisotopic (exact) mass is 702 g/mol. The second kappa shape index (κ2) is 12.1. The first-order valence-electron chi connectivity index (χ1n) is 19.2. The van der Waals surface area contributed by atoms with E-state index in [9.17, 15) is 0 Å². The molecule has 0 spiro atoms. The SMILES string of the molecule is CC1(C)c2ccccc2-c2cccc(N(c3ccc(-c4ccc(-n5c6ccccc6c6ccccc65)cc4)cc3)c3ccc4c(ccc5ccccc54)c3)c21. The zero-order valence-electron chi connectivity index (χ0n) is 30.9. The Morgan fingerprint density at radius 2 is 0.982 bits per heavy atom. The number of fused-ring (bicyclic) bond motifs is 9. The van der Waals surface area contributed by atoms with Crippen molar-refractivity contribution in [1.82, 2.24) is 4.57 Å². The molecule has 10 aromatic rings. The summed E-state index contributed by atoms with van der Waals surface area (Å²) in [5.74, 6) is 0. The van der Waals surface area contributed by atoms with Gasteiger partial charge in [-0.1, -0.05) is 153 Å². The summed E-state index contributed by atoms with van der Waals surface area (Å²) in [5.41, 5.74) is 14.7. The normalized spacial score (nSPS) is 13.1. The second-order valence-corrected chi connectivity index (χ2v) is 15.4. The average Bonchev–Trinajstić information content (AvgIpc) is 3.70. The van der Waals surface area contributed by atoms with Gasteiger partial charge in [0, 0.05) is 33.2 Å². The summed E-state index contributed by atoms with van der Waals surface area (Å²) in [6, 6.07) is 71.4. The van der Waals surface area contributed by atoms with E-state index in [0.29, 0.717) is 0 Å². The largest absolute Gasteiger partial charge is 0.310 e. The first-order valence-corrected chi connectivity index (χ1v) is 19.2. The Bertz CT molecular complexity index is 3060. The number of para-hydroxylation sites is 2. The molecule has 0 bridgehead atoms. The number of hydrogen-bond acceptors (Lipinski definition) is 1. The molecule has 2 nitrogen and oxygen atoms in total. The van der Waals surface area contributed by atoms with Gasteiger partial charge in [0.05, 0.1) is 16.7 Å². The Morgan fingerprint density at radius 3 is 1.73 bits per heavy atom. The molecule has 2 heteroatoms. The van der Waals surface area contributed by atoms with E-state index in [2.05, 4.69) is 217 Å². The van der Waals surface area contributed by atoms with Crippen molar-refractivity contribution < 1.29 is 0 Å². The van der Waals surface area contributed by atoms with Crippen LogP contribution >= 0.6 is 0 Å². The molecular formula is C53H38N2. The van der Waals surface area contributed by atoms with Gasteiger partial charge in [0.1, 0.15) is 0 Å². The van der Waals surface area contributed by atoms with E-state index in [1.54, 1.807) is 0 Å².